The van der Waals surface area contributed by atoms with Gasteiger partial charge in [0.1, 0.15) is 17.5 Å². The van der Waals surface area contributed by atoms with E-state index in [1.54, 1.807) is 58.2 Å². The molecule has 3 amide bonds. The first-order valence-electron chi connectivity index (χ1n) is 12.8. The topological polar surface area (TPSA) is 88.6 Å². The van der Waals surface area contributed by atoms with E-state index in [0.717, 1.165) is 5.56 Å². The van der Waals surface area contributed by atoms with E-state index in [0.29, 0.717) is 69.1 Å². The van der Waals surface area contributed by atoms with Gasteiger partial charge in [0.15, 0.2) is 0 Å². The molecule has 0 aliphatic carbocycles. The average Bonchev–Trinajstić information content (AvgIpc) is 3.31. The summed E-state index contributed by atoms with van der Waals surface area (Å²) in [6.45, 7) is 4.91. The first-order valence-corrected chi connectivity index (χ1v) is 12.8. The summed E-state index contributed by atoms with van der Waals surface area (Å²) >= 11 is 0. The van der Waals surface area contributed by atoms with Crippen molar-refractivity contribution >= 4 is 17.7 Å². The highest BCUT2D eigenvalue weighted by Gasteiger charge is 2.55. The summed E-state index contributed by atoms with van der Waals surface area (Å²) in [6, 6.07) is 13.7. The minimum absolute atomic E-state index is 0.0761. The van der Waals surface area contributed by atoms with E-state index in [4.69, 9.17) is 14.2 Å². The molecule has 3 aliphatic heterocycles. The van der Waals surface area contributed by atoms with E-state index >= 15 is 0 Å². The van der Waals surface area contributed by atoms with Crippen molar-refractivity contribution in [3.63, 3.8) is 0 Å². The number of carbonyl (C=O) groups excluding carboxylic acids is 3. The van der Waals surface area contributed by atoms with Gasteiger partial charge in [-0.05, 0) is 43.3 Å². The minimum Gasteiger partial charge on any atom is -0.497 e. The number of carbonyl (C=O) groups is 3. The Morgan fingerprint density at radius 2 is 1.43 bits per heavy atom. The molecule has 9 nitrogen and oxygen atoms in total. The minimum atomic E-state index is -0.939. The van der Waals surface area contributed by atoms with Gasteiger partial charge >= 0.3 is 0 Å². The van der Waals surface area contributed by atoms with Crippen LogP contribution in [0, 0.1) is 6.92 Å². The first-order chi connectivity index (χ1) is 17.9. The van der Waals surface area contributed by atoms with Crippen molar-refractivity contribution in [3.8, 4) is 5.75 Å². The SMILES string of the molecule is COc1ccc(C(=O)N2CCC3(CC2)OC[C@@H](C(=O)N2CCOCC2)N3C(=O)c2ccc(C)cc2)cc1. The molecule has 9 heteroatoms. The molecule has 1 atom stereocenters. The molecule has 3 fully saturated rings. The third kappa shape index (κ3) is 4.93. The summed E-state index contributed by atoms with van der Waals surface area (Å²) in [7, 11) is 1.59. The summed E-state index contributed by atoms with van der Waals surface area (Å²) in [5.74, 6) is 0.277. The molecule has 0 aromatic heterocycles. The average molecular weight is 508 g/mol. The fraction of sp³-hybridized carbons (Fsp3) is 0.464. The van der Waals surface area contributed by atoms with Gasteiger partial charge in [-0.3, -0.25) is 19.3 Å². The van der Waals surface area contributed by atoms with E-state index in [1.165, 1.54) is 0 Å². The van der Waals surface area contributed by atoms with Crippen LogP contribution < -0.4 is 4.74 Å². The molecule has 0 N–H and O–H groups in total. The fourth-order valence-electron chi connectivity index (χ4n) is 5.36. The number of nitrogens with zero attached hydrogens (tertiary/aromatic N) is 3. The van der Waals surface area contributed by atoms with Crippen LogP contribution in [0.25, 0.3) is 0 Å². The Morgan fingerprint density at radius 3 is 2.05 bits per heavy atom. The van der Waals surface area contributed by atoms with Gasteiger partial charge in [-0.25, -0.2) is 0 Å². The number of likely N-dealkylation sites (tertiary alicyclic amines) is 1. The molecule has 3 heterocycles. The molecule has 0 radical (unpaired) electrons. The number of hydrogen-bond acceptors (Lipinski definition) is 6. The zero-order valence-corrected chi connectivity index (χ0v) is 21.4. The zero-order valence-electron chi connectivity index (χ0n) is 21.4. The van der Waals surface area contributed by atoms with Gasteiger partial charge in [0.2, 0.25) is 5.91 Å². The van der Waals surface area contributed by atoms with Crippen LogP contribution >= 0.6 is 0 Å². The molecule has 0 bridgehead atoms. The van der Waals surface area contributed by atoms with Crippen LogP contribution in [0.15, 0.2) is 48.5 Å². The van der Waals surface area contributed by atoms with Crippen molar-refractivity contribution in [3.05, 3.63) is 65.2 Å². The molecule has 0 saturated carbocycles. The van der Waals surface area contributed by atoms with Crippen molar-refractivity contribution in [2.75, 3.05) is 53.1 Å². The lowest BCUT2D eigenvalue weighted by molar-refractivity contribution is -0.141. The summed E-state index contributed by atoms with van der Waals surface area (Å²) in [6.07, 6.45) is 0.860. The highest BCUT2D eigenvalue weighted by Crippen LogP contribution is 2.39. The molecule has 196 valence electrons. The van der Waals surface area contributed by atoms with Crippen molar-refractivity contribution in [1.82, 2.24) is 14.7 Å². The quantitative estimate of drug-likeness (QED) is 0.631. The van der Waals surface area contributed by atoms with Gasteiger partial charge in [0, 0.05) is 50.1 Å². The van der Waals surface area contributed by atoms with Crippen LogP contribution in [0.5, 0.6) is 5.75 Å². The van der Waals surface area contributed by atoms with E-state index in [1.807, 2.05) is 19.1 Å². The molecule has 5 rings (SSSR count). The van der Waals surface area contributed by atoms with Crippen LogP contribution in [0.1, 0.15) is 39.1 Å². The van der Waals surface area contributed by atoms with Crippen LogP contribution in [0.4, 0.5) is 0 Å². The fourth-order valence-corrected chi connectivity index (χ4v) is 5.36. The van der Waals surface area contributed by atoms with Gasteiger partial charge in [-0.1, -0.05) is 17.7 Å². The third-order valence-corrected chi connectivity index (χ3v) is 7.55. The number of rotatable bonds is 4. The Morgan fingerprint density at radius 1 is 0.838 bits per heavy atom. The Kier molecular flexibility index (Phi) is 7.17. The van der Waals surface area contributed by atoms with E-state index in [-0.39, 0.29) is 24.3 Å². The Bertz CT molecular complexity index is 1140. The van der Waals surface area contributed by atoms with E-state index in [2.05, 4.69) is 0 Å². The highest BCUT2D eigenvalue weighted by molar-refractivity contribution is 5.98. The van der Waals surface area contributed by atoms with Crippen LogP contribution in [0.2, 0.25) is 0 Å². The van der Waals surface area contributed by atoms with E-state index < -0.39 is 11.8 Å². The van der Waals surface area contributed by atoms with Crippen molar-refractivity contribution < 1.29 is 28.6 Å². The zero-order chi connectivity index (χ0) is 26.0. The number of hydrogen-bond donors (Lipinski definition) is 0. The predicted molar refractivity (Wildman–Crippen MR) is 135 cm³/mol. The molecule has 3 saturated heterocycles. The van der Waals surface area contributed by atoms with Gasteiger partial charge in [0.05, 0.1) is 26.9 Å². The lowest BCUT2D eigenvalue weighted by atomic mass is 9.95. The Hall–Kier alpha value is -3.43. The van der Waals surface area contributed by atoms with Gasteiger partial charge in [0.25, 0.3) is 11.8 Å². The lowest BCUT2D eigenvalue weighted by Gasteiger charge is -2.45. The maximum atomic E-state index is 13.9. The van der Waals surface area contributed by atoms with Crippen LogP contribution in [-0.4, -0.2) is 97.3 Å². The Labute approximate surface area is 216 Å². The first kappa shape index (κ1) is 25.2. The maximum absolute atomic E-state index is 13.9. The monoisotopic (exact) mass is 507 g/mol. The highest BCUT2D eigenvalue weighted by atomic mass is 16.5. The number of methoxy groups -OCH3 is 1. The van der Waals surface area contributed by atoms with Crippen molar-refractivity contribution in [2.24, 2.45) is 0 Å². The molecule has 0 unspecified atom stereocenters. The molecular formula is C28H33N3O6. The second kappa shape index (κ2) is 10.5. The van der Waals surface area contributed by atoms with Crippen LogP contribution in [0.3, 0.4) is 0 Å². The Balaban J connectivity index is 1.37. The molecule has 1 spiro atoms. The predicted octanol–water partition coefficient (Wildman–Crippen LogP) is 2.34. The normalized spacial score (nSPS) is 21.2. The summed E-state index contributed by atoms with van der Waals surface area (Å²) in [5.41, 5.74) is 1.21. The molecule has 37 heavy (non-hydrogen) atoms. The summed E-state index contributed by atoms with van der Waals surface area (Å²) < 4.78 is 16.9. The van der Waals surface area contributed by atoms with E-state index in [9.17, 15) is 14.4 Å². The van der Waals surface area contributed by atoms with Crippen molar-refractivity contribution in [2.45, 2.75) is 31.5 Å². The maximum Gasteiger partial charge on any atom is 0.256 e. The molecule has 3 aliphatic rings. The van der Waals surface area contributed by atoms with Crippen LogP contribution in [-0.2, 0) is 14.3 Å². The number of benzene rings is 2. The van der Waals surface area contributed by atoms with Gasteiger partial charge < -0.3 is 24.0 Å². The smallest absolute Gasteiger partial charge is 0.256 e. The number of piperidine rings is 1. The number of morpholine rings is 1. The number of ether oxygens (including phenoxy) is 3. The van der Waals surface area contributed by atoms with Gasteiger partial charge in [-0.15, -0.1) is 0 Å². The standard InChI is InChI=1S/C28H33N3O6/c1-20-3-5-22(6-4-20)26(33)31-24(27(34)30-15-17-36-18-16-30)19-37-28(31)11-13-29(14-12-28)25(32)21-7-9-23(35-2)10-8-21/h3-10,24H,11-19H2,1-2H3/t24-/m0/s1. The molecular weight excluding hydrogens is 474 g/mol. The number of aryl methyl sites for hydroxylation is 1. The summed E-state index contributed by atoms with van der Waals surface area (Å²) in [4.78, 5) is 45.8. The number of amides is 3. The summed E-state index contributed by atoms with van der Waals surface area (Å²) in [5, 5.41) is 0. The van der Waals surface area contributed by atoms with Gasteiger partial charge in [-0.2, -0.15) is 0 Å². The molecule has 2 aromatic carbocycles. The molecule has 2 aromatic rings. The third-order valence-electron chi connectivity index (χ3n) is 7.55. The second-order valence-corrected chi connectivity index (χ2v) is 9.77. The largest absolute Gasteiger partial charge is 0.497 e. The lowest BCUT2D eigenvalue weighted by Crippen LogP contribution is -2.60. The second-order valence-electron chi connectivity index (χ2n) is 9.77. The van der Waals surface area contributed by atoms with Crippen molar-refractivity contribution in [1.29, 1.82) is 0 Å².